The minimum atomic E-state index is -0.740. The van der Waals surface area contributed by atoms with Crippen molar-refractivity contribution in [2.45, 2.75) is 31.6 Å². The molecule has 2 rings (SSSR count). The van der Waals surface area contributed by atoms with E-state index >= 15 is 0 Å². The normalized spacial score (nSPS) is 17.7. The molecular formula is C15H18N2O5S. The van der Waals surface area contributed by atoms with Crippen LogP contribution in [0.25, 0.3) is 0 Å². The van der Waals surface area contributed by atoms with Gasteiger partial charge in [0.15, 0.2) is 0 Å². The van der Waals surface area contributed by atoms with Crippen molar-refractivity contribution in [1.82, 2.24) is 4.90 Å². The molecule has 0 saturated carbocycles. The summed E-state index contributed by atoms with van der Waals surface area (Å²) >= 11 is 0.831. The summed E-state index contributed by atoms with van der Waals surface area (Å²) in [5.74, 6) is -0.776. The molecule has 1 saturated heterocycles. The second-order valence-electron chi connectivity index (χ2n) is 5.26. The van der Waals surface area contributed by atoms with Crippen molar-refractivity contribution in [3.8, 4) is 5.75 Å². The van der Waals surface area contributed by atoms with Gasteiger partial charge in [-0.25, -0.2) is 0 Å². The Hall–Kier alpha value is -2.22. The number of nitrogens with one attached hydrogen (secondary N) is 1. The highest BCUT2D eigenvalue weighted by molar-refractivity contribution is 8.15. The molecule has 1 atom stereocenters. The van der Waals surface area contributed by atoms with E-state index in [0.717, 1.165) is 16.7 Å². The van der Waals surface area contributed by atoms with E-state index in [1.165, 1.54) is 12.1 Å². The highest BCUT2D eigenvalue weighted by Crippen LogP contribution is 2.29. The molecule has 1 aromatic rings. The van der Waals surface area contributed by atoms with Gasteiger partial charge in [0.2, 0.25) is 5.91 Å². The predicted molar refractivity (Wildman–Crippen MR) is 86.1 cm³/mol. The molecule has 124 valence electrons. The minimum Gasteiger partial charge on any atom is -0.508 e. The Morgan fingerprint density at radius 2 is 2.00 bits per heavy atom. The lowest BCUT2D eigenvalue weighted by molar-refractivity contribution is -0.148. The van der Waals surface area contributed by atoms with E-state index in [1.54, 1.807) is 26.0 Å². The average Bonchev–Trinajstić information content (AvgIpc) is 2.72. The van der Waals surface area contributed by atoms with Gasteiger partial charge in [0, 0.05) is 5.69 Å². The fraction of sp³-hybridized carbons (Fsp3) is 0.400. The van der Waals surface area contributed by atoms with E-state index in [2.05, 4.69) is 5.32 Å². The van der Waals surface area contributed by atoms with Crippen molar-refractivity contribution < 1.29 is 24.2 Å². The van der Waals surface area contributed by atoms with Gasteiger partial charge < -0.3 is 15.2 Å². The molecule has 2 amide bonds. The number of hydrogen-bond donors (Lipinski definition) is 2. The van der Waals surface area contributed by atoms with Gasteiger partial charge in [0.25, 0.3) is 5.24 Å². The number of esters is 1. The molecule has 1 heterocycles. The number of benzene rings is 1. The summed E-state index contributed by atoms with van der Waals surface area (Å²) in [4.78, 5) is 36.8. The third-order valence-corrected chi connectivity index (χ3v) is 4.11. The average molecular weight is 338 g/mol. The van der Waals surface area contributed by atoms with Gasteiger partial charge in [-0.2, -0.15) is 0 Å². The second-order valence-corrected chi connectivity index (χ2v) is 6.42. The predicted octanol–water partition coefficient (Wildman–Crippen LogP) is 2.17. The summed E-state index contributed by atoms with van der Waals surface area (Å²) in [5.41, 5.74) is 0.663. The molecule has 1 aliphatic rings. The summed E-state index contributed by atoms with van der Waals surface area (Å²) in [6.45, 7) is 3.45. The molecule has 1 aliphatic heterocycles. The number of phenolic OH excluding ortho intramolecular Hbond substituents is 1. The first-order valence-corrected chi connectivity index (χ1v) is 7.99. The van der Waals surface area contributed by atoms with Gasteiger partial charge in [0.05, 0.1) is 19.2 Å². The van der Waals surface area contributed by atoms with Crippen LogP contribution in [-0.2, 0) is 14.3 Å². The quantitative estimate of drug-likeness (QED) is 0.606. The van der Waals surface area contributed by atoms with Crippen LogP contribution in [0.1, 0.15) is 20.3 Å². The first kappa shape index (κ1) is 17.1. The Balaban J connectivity index is 1.90. The maximum atomic E-state index is 12.2. The Kier molecular flexibility index (Phi) is 5.49. The number of carbonyl (C=O) groups excluding carboxylic acids is 3. The zero-order valence-electron chi connectivity index (χ0n) is 12.8. The maximum Gasteiger partial charge on any atom is 0.307 e. The highest BCUT2D eigenvalue weighted by atomic mass is 32.2. The number of hydrogen-bond acceptors (Lipinski definition) is 7. The fourth-order valence-corrected chi connectivity index (χ4v) is 2.96. The van der Waals surface area contributed by atoms with E-state index in [1.807, 2.05) is 0 Å². The smallest absolute Gasteiger partial charge is 0.307 e. The van der Waals surface area contributed by atoms with Crippen LogP contribution in [0.3, 0.4) is 0 Å². The number of nitrogens with zero attached hydrogens (tertiary/aromatic N) is 1. The third-order valence-electron chi connectivity index (χ3n) is 3.03. The Morgan fingerprint density at radius 3 is 2.61 bits per heavy atom. The first-order chi connectivity index (χ1) is 10.9. The SMILES string of the molecule is CC(C)OC(=O)CC1SC(=O)N(CNc2ccc(O)cc2)C1=O. The number of carbonyl (C=O) groups is 3. The largest absolute Gasteiger partial charge is 0.508 e. The van der Waals surface area contributed by atoms with Crippen LogP contribution >= 0.6 is 11.8 Å². The molecule has 0 aromatic heterocycles. The second kappa shape index (κ2) is 7.36. The molecule has 7 nitrogen and oxygen atoms in total. The van der Waals surface area contributed by atoms with Crippen molar-refractivity contribution >= 4 is 34.6 Å². The number of rotatable bonds is 6. The zero-order valence-corrected chi connectivity index (χ0v) is 13.6. The molecule has 8 heteroatoms. The number of anilines is 1. The fourth-order valence-electron chi connectivity index (χ4n) is 1.98. The highest BCUT2D eigenvalue weighted by Gasteiger charge is 2.40. The standard InChI is InChI=1S/C15H18N2O5S/c1-9(2)22-13(19)7-12-14(20)17(15(21)23-12)8-16-10-3-5-11(18)6-4-10/h3-6,9,12,16,18H,7-8H2,1-2H3. The van der Waals surface area contributed by atoms with Crippen molar-refractivity contribution in [3.63, 3.8) is 0 Å². The summed E-state index contributed by atoms with van der Waals surface area (Å²) in [6, 6.07) is 6.25. The molecular weight excluding hydrogens is 320 g/mol. The number of ether oxygens (including phenoxy) is 1. The number of phenols is 1. The lowest BCUT2D eigenvalue weighted by Gasteiger charge is -2.15. The summed E-state index contributed by atoms with van der Waals surface area (Å²) < 4.78 is 5.00. The molecule has 0 bridgehead atoms. The van der Waals surface area contributed by atoms with E-state index in [-0.39, 0.29) is 24.9 Å². The van der Waals surface area contributed by atoms with Crippen LogP contribution in [0.2, 0.25) is 0 Å². The molecule has 1 fully saturated rings. The molecule has 1 unspecified atom stereocenters. The van der Waals surface area contributed by atoms with Crippen LogP contribution < -0.4 is 5.32 Å². The van der Waals surface area contributed by atoms with Crippen LogP contribution in [0.15, 0.2) is 24.3 Å². The first-order valence-electron chi connectivity index (χ1n) is 7.11. The summed E-state index contributed by atoms with van der Waals surface area (Å²) in [5, 5.41) is 11.0. The molecule has 0 radical (unpaired) electrons. The third kappa shape index (κ3) is 4.62. The van der Waals surface area contributed by atoms with E-state index in [4.69, 9.17) is 4.74 Å². The summed E-state index contributed by atoms with van der Waals surface area (Å²) in [6.07, 6.45) is -0.379. The van der Waals surface area contributed by atoms with Gasteiger partial charge in [-0.15, -0.1) is 0 Å². The lowest BCUT2D eigenvalue weighted by Crippen LogP contribution is -2.36. The van der Waals surface area contributed by atoms with Crippen molar-refractivity contribution in [1.29, 1.82) is 0 Å². The van der Waals surface area contributed by atoms with Crippen LogP contribution in [0.4, 0.5) is 10.5 Å². The molecule has 0 spiro atoms. The van der Waals surface area contributed by atoms with Crippen molar-refractivity contribution in [2.24, 2.45) is 0 Å². The number of imide groups is 1. The lowest BCUT2D eigenvalue weighted by atomic mass is 10.2. The van der Waals surface area contributed by atoms with Gasteiger partial charge in [-0.3, -0.25) is 19.3 Å². The van der Waals surface area contributed by atoms with Crippen molar-refractivity contribution in [3.05, 3.63) is 24.3 Å². The van der Waals surface area contributed by atoms with Gasteiger partial charge >= 0.3 is 5.97 Å². The molecule has 1 aromatic carbocycles. The van der Waals surface area contributed by atoms with Crippen LogP contribution in [-0.4, -0.2) is 45.1 Å². The Labute approximate surface area is 138 Å². The van der Waals surface area contributed by atoms with Gasteiger partial charge in [0.1, 0.15) is 11.0 Å². The Bertz CT molecular complexity index is 602. The summed E-state index contributed by atoms with van der Waals surface area (Å²) in [7, 11) is 0. The molecule has 0 aliphatic carbocycles. The number of aromatic hydroxyl groups is 1. The maximum absolute atomic E-state index is 12.2. The Morgan fingerprint density at radius 1 is 1.35 bits per heavy atom. The monoisotopic (exact) mass is 338 g/mol. The zero-order chi connectivity index (χ0) is 17.0. The van der Waals surface area contributed by atoms with E-state index < -0.39 is 22.4 Å². The molecule has 2 N–H and O–H groups in total. The van der Waals surface area contributed by atoms with E-state index in [0.29, 0.717) is 5.69 Å². The topological polar surface area (TPSA) is 95.9 Å². The molecule has 23 heavy (non-hydrogen) atoms. The van der Waals surface area contributed by atoms with Crippen molar-refractivity contribution in [2.75, 3.05) is 12.0 Å². The number of thioether (sulfide) groups is 1. The van der Waals surface area contributed by atoms with Crippen LogP contribution in [0, 0.1) is 0 Å². The van der Waals surface area contributed by atoms with Crippen LogP contribution in [0.5, 0.6) is 5.75 Å². The van der Waals surface area contributed by atoms with E-state index in [9.17, 15) is 19.5 Å². The van der Waals surface area contributed by atoms with Gasteiger partial charge in [-0.1, -0.05) is 11.8 Å². The van der Waals surface area contributed by atoms with Gasteiger partial charge in [-0.05, 0) is 38.1 Å². The number of amides is 2. The minimum absolute atomic E-state index is 0.00513.